The number of rotatable bonds is 24. The van der Waals surface area contributed by atoms with Crippen LogP contribution in [0.3, 0.4) is 0 Å². The molecule has 8 aromatic rings. The Labute approximate surface area is 682 Å². The van der Waals surface area contributed by atoms with Gasteiger partial charge in [-0.1, -0.05) is 361 Å². The summed E-state index contributed by atoms with van der Waals surface area (Å²) in [5, 5.41) is 11.7. The highest BCUT2D eigenvalue weighted by atomic mass is 28.3. The van der Waals surface area contributed by atoms with Crippen LogP contribution in [0, 0.1) is 47.4 Å². The topological polar surface area (TPSA) is 20.2 Å². The molecule has 112 heavy (non-hydrogen) atoms. The van der Waals surface area contributed by atoms with Crippen LogP contribution in [-0.2, 0) is 47.3 Å². The second-order valence-corrected chi connectivity index (χ2v) is 45.1. The van der Waals surface area contributed by atoms with E-state index in [9.17, 15) is 5.11 Å². The molecular formula is C110H136OSi. The number of aliphatic hydroxyl groups is 1. The maximum absolute atomic E-state index is 10.0. The summed E-state index contributed by atoms with van der Waals surface area (Å²) in [7, 11) is -2.24. The van der Waals surface area contributed by atoms with E-state index in [0.717, 1.165) is 79.2 Å². The zero-order valence-corrected chi connectivity index (χ0v) is 74.4. The van der Waals surface area contributed by atoms with Crippen molar-refractivity contribution in [2.75, 3.05) is 6.61 Å². The predicted octanol–water partition coefficient (Wildman–Crippen LogP) is 27.8. The maximum atomic E-state index is 10.0. The first-order valence-electron chi connectivity index (χ1n) is 44.3. The smallest absolute Gasteiger partial charge is 0.104 e. The molecule has 0 saturated heterocycles. The van der Waals surface area contributed by atoms with Gasteiger partial charge in [-0.25, -0.2) is 0 Å². The highest BCUT2D eigenvalue weighted by molar-refractivity contribution is 6.95. The second kappa shape index (κ2) is 34.7. The van der Waals surface area contributed by atoms with Crippen molar-refractivity contribution in [3.05, 3.63) is 272 Å². The number of aryl methyl sites for hydroxylation is 4. The van der Waals surface area contributed by atoms with E-state index in [2.05, 4.69) is 321 Å². The maximum Gasteiger partial charge on any atom is 0.104 e. The van der Waals surface area contributed by atoms with Gasteiger partial charge in [-0.3, -0.25) is 0 Å². The molecule has 0 amide bonds. The highest BCUT2D eigenvalue weighted by Crippen LogP contribution is 2.61. The molecule has 0 aromatic heterocycles. The molecule has 586 valence electrons. The van der Waals surface area contributed by atoms with E-state index in [-0.39, 0.29) is 51.9 Å². The van der Waals surface area contributed by atoms with Gasteiger partial charge in [0.2, 0.25) is 0 Å². The van der Waals surface area contributed by atoms with Crippen molar-refractivity contribution >= 4 is 13.3 Å². The number of benzene rings is 8. The van der Waals surface area contributed by atoms with Crippen LogP contribution in [0.2, 0.25) is 16.6 Å². The molecule has 0 spiro atoms. The summed E-state index contributed by atoms with van der Waals surface area (Å²) in [4.78, 5) is 0. The Morgan fingerprint density at radius 3 is 0.795 bits per heavy atom. The van der Waals surface area contributed by atoms with Gasteiger partial charge in [0.1, 0.15) is 6.61 Å². The van der Waals surface area contributed by atoms with Crippen molar-refractivity contribution in [2.24, 2.45) is 0 Å². The summed E-state index contributed by atoms with van der Waals surface area (Å²) in [6, 6.07) is 49.8. The monoisotopic (exact) mass is 1500 g/mol. The summed E-state index contributed by atoms with van der Waals surface area (Å²) < 4.78 is 0. The standard InChI is InChI=1S/C110H136OSi/c1-23-27-31-35-40-78-65-83(79(41-36-32-28-24-2)64-82(78)44-39-63-111)50-47-75-45-46-76(100-99(75)102-90-58-54-87(108(14,15)16)69-95(90)103(100)91-59-55-86(68-94(91)102)107(11,12)13)48-51-84-66-81(43-38-34-30-26-4)85(67-80(84)42-37-33-29-25-3)52-49-77-53-62-98(112(72(5)6,73(7)8)74(9)10)106-101(77)104-92-60-56-89(110(20,21)22)71-97(92)105(106)93-61-57-88(70-96(93)104)109(17,18)19/h45-46,53-62,64-74,102-105,111H,23-38,40-43,63H2,1-22H3. The van der Waals surface area contributed by atoms with Gasteiger partial charge in [-0.2, -0.15) is 0 Å². The Kier molecular flexibility index (Phi) is 25.9. The largest absolute Gasteiger partial charge is 0.384 e. The molecule has 8 aromatic carbocycles. The molecule has 0 radical (unpaired) electrons. The molecule has 0 heterocycles. The number of aliphatic hydroxyl groups excluding tert-OH is 1. The van der Waals surface area contributed by atoms with E-state index in [1.54, 1.807) is 10.8 Å². The van der Waals surface area contributed by atoms with Crippen LogP contribution in [0.25, 0.3) is 0 Å². The van der Waals surface area contributed by atoms with Crippen molar-refractivity contribution in [1.82, 2.24) is 0 Å². The summed E-state index contributed by atoms with van der Waals surface area (Å²) in [6.45, 7) is 52.9. The van der Waals surface area contributed by atoms with Crippen LogP contribution in [0.4, 0.5) is 0 Å². The Balaban J connectivity index is 1.08. The Bertz CT molecular complexity index is 5030. The van der Waals surface area contributed by atoms with Crippen LogP contribution in [0.1, 0.15) is 429 Å². The molecule has 6 aliphatic carbocycles. The molecular weight excluding hydrogens is 1370 g/mol. The molecule has 6 aliphatic rings. The second-order valence-electron chi connectivity index (χ2n) is 39.3. The minimum Gasteiger partial charge on any atom is -0.384 e. The molecule has 0 fully saturated rings. The normalized spacial score (nSPS) is 15.8. The third-order valence-corrected chi connectivity index (χ3v) is 33.6. The third-order valence-electron chi connectivity index (χ3n) is 26.5. The average molecular weight is 1500 g/mol. The first-order chi connectivity index (χ1) is 53.4. The number of unbranched alkanes of at least 4 members (excludes halogenated alkanes) is 12. The van der Waals surface area contributed by atoms with E-state index < -0.39 is 8.07 Å². The van der Waals surface area contributed by atoms with Gasteiger partial charge in [0.25, 0.3) is 0 Å². The van der Waals surface area contributed by atoms with Crippen molar-refractivity contribution in [3.63, 3.8) is 0 Å². The highest BCUT2D eigenvalue weighted by Gasteiger charge is 2.52. The lowest BCUT2D eigenvalue weighted by molar-refractivity contribution is 0.350. The van der Waals surface area contributed by atoms with E-state index in [4.69, 9.17) is 0 Å². The molecule has 4 unspecified atom stereocenters. The third kappa shape index (κ3) is 16.8. The van der Waals surface area contributed by atoms with Gasteiger partial charge in [-0.05, 0) is 243 Å². The predicted molar refractivity (Wildman–Crippen MR) is 484 cm³/mol. The fourth-order valence-electron chi connectivity index (χ4n) is 20.5. The Morgan fingerprint density at radius 1 is 0.286 bits per heavy atom. The lowest BCUT2D eigenvalue weighted by Crippen LogP contribution is -2.58. The fourth-order valence-corrected chi connectivity index (χ4v) is 27.4. The number of hydrogen-bond donors (Lipinski definition) is 1. The Morgan fingerprint density at radius 2 is 0.536 bits per heavy atom. The molecule has 2 heteroatoms. The first-order valence-corrected chi connectivity index (χ1v) is 46.5. The van der Waals surface area contributed by atoms with Crippen LogP contribution < -0.4 is 5.19 Å². The summed E-state index contributed by atoms with van der Waals surface area (Å²) in [5.74, 6) is 31.1. The minimum absolute atomic E-state index is 0.000729. The fraction of sp³-hybridized carbons (Fsp3) is 0.491. The van der Waals surface area contributed by atoms with Gasteiger partial charge in [0.05, 0.1) is 8.07 Å². The van der Waals surface area contributed by atoms with Gasteiger partial charge < -0.3 is 5.11 Å². The molecule has 4 atom stereocenters. The van der Waals surface area contributed by atoms with Crippen molar-refractivity contribution < 1.29 is 5.11 Å². The molecule has 1 nitrogen and oxygen atoms in total. The quantitative estimate of drug-likeness (QED) is 0.0363. The molecule has 14 rings (SSSR count). The average Bonchev–Trinajstić information content (AvgIpc) is 0.686. The van der Waals surface area contributed by atoms with E-state index >= 15 is 0 Å². The van der Waals surface area contributed by atoms with E-state index in [1.165, 1.54) is 194 Å². The lowest BCUT2D eigenvalue weighted by Gasteiger charge is -2.50. The minimum atomic E-state index is -2.24. The van der Waals surface area contributed by atoms with Crippen LogP contribution in [0.5, 0.6) is 0 Å². The van der Waals surface area contributed by atoms with Crippen molar-refractivity contribution in [2.45, 2.75) is 343 Å². The van der Waals surface area contributed by atoms with Gasteiger partial charge in [-0.15, -0.1) is 0 Å². The van der Waals surface area contributed by atoms with Crippen LogP contribution >= 0.6 is 0 Å². The molecule has 4 bridgehead atoms. The van der Waals surface area contributed by atoms with Crippen LogP contribution in [-0.4, -0.2) is 19.8 Å². The van der Waals surface area contributed by atoms with Crippen molar-refractivity contribution in [1.29, 1.82) is 0 Å². The summed E-state index contributed by atoms with van der Waals surface area (Å²) in [6.07, 6.45) is 22.6. The first kappa shape index (κ1) is 83.6. The van der Waals surface area contributed by atoms with Crippen LogP contribution in [0.15, 0.2) is 121 Å². The van der Waals surface area contributed by atoms with Gasteiger partial charge >= 0.3 is 0 Å². The lowest BCUT2D eigenvalue weighted by atomic mass is 9.58. The van der Waals surface area contributed by atoms with E-state index in [1.807, 2.05) is 0 Å². The zero-order chi connectivity index (χ0) is 80.4. The number of hydrogen-bond acceptors (Lipinski definition) is 1. The zero-order valence-electron chi connectivity index (χ0n) is 73.4. The van der Waals surface area contributed by atoms with Gasteiger partial charge in [0, 0.05) is 62.6 Å². The Hall–Kier alpha value is -7.82. The molecule has 0 aliphatic heterocycles. The molecule has 1 N–H and O–H groups in total. The summed E-state index contributed by atoms with van der Waals surface area (Å²) in [5.41, 5.74) is 37.4. The molecule has 0 saturated carbocycles. The summed E-state index contributed by atoms with van der Waals surface area (Å²) >= 11 is 0. The SMILES string of the molecule is CCCCCCc1cc(C#Cc2ccc(C#Cc3cc(CCCCCC)c(C#Cc4ccc([Si](C(C)C)(C(C)C)C(C)C)c5c4C4c6cc(C(C)(C)C)ccc6C5c5cc(C(C)(C)C)ccc54)cc3CCCCCC)c3c2C2c4ccc(C(C)(C)C)cc4C3c3ccc(C(C)(C)C)cc32)c(CCCCCC)cc1C#CCO. The van der Waals surface area contributed by atoms with Gasteiger partial charge in [0.15, 0.2) is 0 Å². The van der Waals surface area contributed by atoms with Crippen molar-refractivity contribution in [3.8, 4) is 47.4 Å². The van der Waals surface area contributed by atoms with E-state index in [0.29, 0.717) is 16.6 Å².